The minimum Gasteiger partial charge on any atom is -0.370 e. The Morgan fingerprint density at radius 3 is 1.90 bits per heavy atom. The van der Waals surface area contributed by atoms with Crippen molar-refractivity contribution < 1.29 is 0 Å². The van der Waals surface area contributed by atoms with Gasteiger partial charge in [-0.15, -0.1) is 0 Å². The maximum Gasteiger partial charge on any atom is 0.188 e. The van der Waals surface area contributed by atoms with Gasteiger partial charge in [-0.2, -0.15) is 0 Å². The number of nitrogens with zero attached hydrogens (tertiary/aromatic N) is 1. The molecule has 0 rings (SSSR count). The van der Waals surface area contributed by atoms with Crippen LogP contribution in [-0.2, 0) is 0 Å². The van der Waals surface area contributed by atoms with Crippen molar-refractivity contribution in [3.63, 3.8) is 0 Å². The van der Waals surface area contributed by atoms with E-state index in [0.717, 1.165) is 0 Å². The average molecular weight is 143 g/mol. The fraction of sp³-hybridized carbons (Fsp3) is 0.857. The first-order valence-corrected chi connectivity index (χ1v) is 3.53. The molecule has 0 aliphatic carbocycles. The van der Waals surface area contributed by atoms with Gasteiger partial charge in [0.15, 0.2) is 5.96 Å². The minimum absolute atomic E-state index is 0.140. The lowest BCUT2D eigenvalue weighted by Crippen LogP contribution is -2.41. The highest BCUT2D eigenvalue weighted by molar-refractivity contribution is 5.74. The van der Waals surface area contributed by atoms with Gasteiger partial charge in [0, 0.05) is 13.1 Å². The summed E-state index contributed by atoms with van der Waals surface area (Å²) in [4.78, 5) is 1.77. The summed E-state index contributed by atoms with van der Waals surface area (Å²) in [5.74, 6) is 0.676. The van der Waals surface area contributed by atoms with E-state index in [4.69, 9.17) is 11.1 Å². The molecule has 1 atom stereocenters. The molecule has 0 amide bonds. The van der Waals surface area contributed by atoms with Crippen LogP contribution in [0.2, 0.25) is 0 Å². The Morgan fingerprint density at radius 1 is 1.40 bits per heavy atom. The zero-order valence-electron chi connectivity index (χ0n) is 7.18. The van der Waals surface area contributed by atoms with Crippen LogP contribution in [0, 0.1) is 11.3 Å². The van der Waals surface area contributed by atoms with E-state index >= 15 is 0 Å². The van der Waals surface area contributed by atoms with Gasteiger partial charge in [0.25, 0.3) is 0 Å². The van der Waals surface area contributed by atoms with Crippen molar-refractivity contribution in [3.05, 3.63) is 0 Å². The standard InChI is InChI=1S/C7H17N3/c1-5(2)6(3)10(4)7(8)9/h5-6H,1-4H3,(H3,8,9). The molecule has 0 saturated heterocycles. The fourth-order valence-corrected chi connectivity index (χ4v) is 0.667. The average Bonchev–Trinajstić information content (AvgIpc) is 1.84. The van der Waals surface area contributed by atoms with Crippen LogP contribution < -0.4 is 5.73 Å². The van der Waals surface area contributed by atoms with E-state index in [1.165, 1.54) is 0 Å². The molecule has 3 N–H and O–H groups in total. The summed E-state index contributed by atoms with van der Waals surface area (Å²) in [5.41, 5.74) is 5.28. The quantitative estimate of drug-likeness (QED) is 0.445. The summed E-state index contributed by atoms with van der Waals surface area (Å²) < 4.78 is 0. The molecule has 0 fully saturated rings. The Kier molecular flexibility index (Phi) is 3.19. The highest BCUT2D eigenvalue weighted by Crippen LogP contribution is 2.06. The van der Waals surface area contributed by atoms with Crippen molar-refractivity contribution in [2.75, 3.05) is 7.05 Å². The molecule has 0 aliphatic heterocycles. The lowest BCUT2D eigenvalue weighted by atomic mass is 10.1. The molecule has 0 aromatic heterocycles. The molecule has 0 aromatic carbocycles. The van der Waals surface area contributed by atoms with Gasteiger partial charge in [-0.25, -0.2) is 0 Å². The van der Waals surface area contributed by atoms with Crippen LogP contribution in [0.4, 0.5) is 0 Å². The van der Waals surface area contributed by atoms with Crippen LogP contribution in [0.15, 0.2) is 0 Å². The highest BCUT2D eigenvalue weighted by atomic mass is 15.2. The predicted molar refractivity (Wildman–Crippen MR) is 44.0 cm³/mol. The Labute approximate surface area is 62.7 Å². The van der Waals surface area contributed by atoms with E-state index in [1.54, 1.807) is 4.90 Å². The molecule has 0 saturated carbocycles. The van der Waals surface area contributed by atoms with Crippen LogP contribution in [0.3, 0.4) is 0 Å². The predicted octanol–water partition coefficient (Wildman–Crippen LogP) is 0.856. The maximum atomic E-state index is 7.13. The van der Waals surface area contributed by atoms with Gasteiger partial charge in [0.2, 0.25) is 0 Å². The second-order valence-electron chi connectivity index (χ2n) is 2.98. The highest BCUT2D eigenvalue weighted by Gasteiger charge is 2.12. The third-order valence-electron chi connectivity index (χ3n) is 1.96. The lowest BCUT2D eigenvalue weighted by Gasteiger charge is -2.27. The van der Waals surface area contributed by atoms with Crippen LogP contribution in [0.25, 0.3) is 0 Å². The molecule has 1 unspecified atom stereocenters. The molecular weight excluding hydrogens is 126 g/mol. The van der Waals surface area contributed by atoms with E-state index in [2.05, 4.69) is 20.8 Å². The van der Waals surface area contributed by atoms with Gasteiger partial charge in [-0.3, -0.25) is 5.41 Å². The van der Waals surface area contributed by atoms with Crippen LogP contribution in [0.5, 0.6) is 0 Å². The summed E-state index contributed by atoms with van der Waals surface area (Å²) in [7, 11) is 1.84. The molecule has 3 nitrogen and oxygen atoms in total. The van der Waals surface area contributed by atoms with Gasteiger partial charge in [-0.05, 0) is 12.8 Å². The maximum absolute atomic E-state index is 7.13. The van der Waals surface area contributed by atoms with E-state index in [0.29, 0.717) is 12.0 Å². The van der Waals surface area contributed by atoms with Gasteiger partial charge >= 0.3 is 0 Å². The zero-order valence-corrected chi connectivity index (χ0v) is 7.18. The van der Waals surface area contributed by atoms with Crippen molar-refractivity contribution >= 4 is 5.96 Å². The molecular formula is C7H17N3. The van der Waals surface area contributed by atoms with Crippen molar-refractivity contribution in [3.8, 4) is 0 Å². The molecule has 0 aliphatic rings. The smallest absolute Gasteiger partial charge is 0.188 e. The molecule has 0 heterocycles. The van der Waals surface area contributed by atoms with Crippen molar-refractivity contribution in [2.24, 2.45) is 11.7 Å². The SMILES string of the molecule is CC(C)C(C)N(C)C(=N)N. The van der Waals surface area contributed by atoms with Gasteiger partial charge in [0.05, 0.1) is 0 Å². The Morgan fingerprint density at radius 2 is 1.80 bits per heavy atom. The Balaban J connectivity index is 3.94. The van der Waals surface area contributed by atoms with E-state index in [1.807, 2.05) is 7.05 Å². The van der Waals surface area contributed by atoms with Gasteiger partial charge < -0.3 is 10.6 Å². The first-order chi connectivity index (χ1) is 4.46. The number of nitrogens with one attached hydrogen (secondary N) is 1. The van der Waals surface area contributed by atoms with E-state index in [9.17, 15) is 0 Å². The summed E-state index contributed by atoms with van der Waals surface area (Å²) in [5, 5.41) is 7.13. The van der Waals surface area contributed by atoms with Crippen LogP contribution in [0.1, 0.15) is 20.8 Å². The second kappa shape index (κ2) is 3.44. The molecule has 60 valence electrons. The normalized spacial score (nSPS) is 13.3. The summed E-state index contributed by atoms with van der Waals surface area (Å²) in [6, 6.07) is 0.345. The summed E-state index contributed by atoms with van der Waals surface area (Å²) in [6.45, 7) is 6.29. The number of guanidine groups is 1. The molecule has 0 bridgehead atoms. The first kappa shape index (κ1) is 9.27. The molecule has 0 aromatic rings. The number of rotatable bonds is 2. The Bertz CT molecular complexity index is 120. The molecule has 0 spiro atoms. The van der Waals surface area contributed by atoms with Gasteiger partial charge in [-0.1, -0.05) is 13.8 Å². The number of hydrogen-bond acceptors (Lipinski definition) is 1. The summed E-state index contributed by atoms with van der Waals surface area (Å²) >= 11 is 0. The van der Waals surface area contributed by atoms with E-state index in [-0.39, 0.29) is 5.96 Å². The molecule has 0 radical (unpaired) electrons. The molecule has 10 heavy (non-hydrogen) atoms. The van der Waals surface area contributed by atoms with Crippen LogP contribution >= 0.6 is 0 Å². The van der Waals surface area contributed by atoms with Crippen molar-refractivity contribution in [2.45, 2.75) is 26.8 Å². The van der Waals surface area contributed by atoms with Crippen molar-refractivity contribution in [1.82, 2.24) is 4.90 Å². The first-order valence-electron chi connectivity index (χ1n) is 3.53. The third kappa shape index (κ3) is 2.25. The zero-order chi connectivity index (χ0) is 8.31. The Hall–Kier alpha value is -0.730. The molecule has 3 heteroatoms. The summed E-state index contributed by atoms with van der Waals surface area (Å²) in [6.07, 6.45) is 0. The van der Waals surface area contributed by atoms with Crippen LogP contribution in [-0.4, -0.2) is 23.9 Å². The topological polar surface area (TPSA) is 53.1 Å². The number of nitrogens with two attached hydrogens (primary N) is 1. The number of hydrogen-bond donors (Lipinski definition) is 2. The second-order valence-corrected chi connectivity index (χ2v) is 2.98. The fourth-order valence-electron chi connectivity index (χ4n) is 0.667. The van der Waals surface area contributed by atoms with Crippen molar-refractivity contribution in [1.29, 1.82) is 5.41 Å². The minimum atomic E-state index is 0.140. The lowest BCUT2D eigenvalue weighted by molar-refractivity contribution is 0.305. The largest absolute Gasteiger partial charge is 0.370 e. The monoisotopic (exact) mass is 143 g/mol. The van der Waals surface area contributed by atoms with Gasteiger partial charge in [0.1, 0.15) is 0 Å². The van der Waals surface area contributed by atoms with E-state index < -0.39 is 0 Å². The third-order valence-corrected chi connectivity index (χ3v) is 1.96.